The molecule has 0 spiro atoms. The molecule has 3 heteroatoms. The van der Waals surface area contributed by atoms with E-state index in [0.29, 0.717) is 12.0 Å². The second-order valence-corrected chi connectivity index (χ2v) is 6.86. The molecule has 2 nitrogen and oxygen atoms in total. The van der Waals surface area contributed by atoms with E-state index in [1.54, 1.807) is 0 Å². The Kier molecular flexibility index (Phi) is 3.70. The number of rotatable bonds is 3. The summed E-state index contributed by atoms with van der Waals surface area (Å²) in [5.41, 5.74) is 1.55. The Hall–Kier alpha value is -0.770. The van der Waals surface area contributed by atoms with Crippen molar-refractivity contribution >= 4 is 11.8 Å². The average Bonchev–Trinajstić information content (AvgIpc) is 2.81. The van der Waals surface area contributed by atoms with Gasteiger partial charge in [0.1, 0.15) is 0 Å². The molecular formula is C16H22N2S. The van der Waals surface area contributed by atoms with Gasteiger partial charge in [-0.15, -0.1) is 11.8 Å². The van der Waals surface area contributed by atoms with Gasteiger partial charge < -0.3 is 10.6 Å². The van der Waals surface area contributed by atoms with E-state index in [1.165, 1.54) is 10.5 Å². The Morgan fingerprint density at radius 3 is 2.84 bits per heavy atom. The van der Waals surface area contributed by atoms with Gasteiger partial charge in [0.2, 0.25) is 0 Å². The third kappa shape index (κ3) is 2.73. The molecule has 0 radical (unpaired) electrons. The largest absolute Gasteiger partial charge is 0.314 e. The predicted molar refractivity (Wildman–Crippen MR) is 82.7 cm³/mol. The molecule has 1 saturated heterocycles. The predicted octanol–water partition coefficient (Wildman–Crippen LogP) is 2.59. The summed E-state index contributed by atoms with van der Waals surface area (Å²) in [4.78, 5) is 1.37. The first-order valence-electron chi connectivity index (χ1n) is 7.04. The van der Waals surface area contributed by atoms with E-state index in [1.807, 2.05) is 11.8 Å². The highest BCUT2D eigenvalue weighted by Crippen LogP contribution is 2.33. The van der Waals surface area contributed by atoms with E-state index >= 15 is 0 Å². The molecule has 0 aromatic heterocycles. The van der Waals surface area contributed by atoms with Crippen molar-refractivity contribution in [1.29, 1.82) is 0 Å². The first-order valence-corrected chi connectivity index (χ1v) is 8.03. The molecule has 0 bridgehead atoms. The molecule has 1 aromatic rings. The summed E-state index contributed by atoms with van der Waals surface area (Å²) in [5, 5.41) is 7.35. The van der Waals surface area contributed by atoms with Crippen molar-refractivity contribution in [2.75, 3.05) is 18.8 Å². The highest BCUT2D eigenvalue weighted by molar-refractivity contribution is 7.99. The van der Waals surface area contributed by atoms with Crippen LogP contribution in [0.2, 0.25) is 0 Å². The molecule has 0 amide bonds. The minimum absolute atomic E-state index is 0.226. The lowest BCUT2D eigenvalue weighted by molar-refractivity contribution is 0.308. The third-order valence-corrected chi connectivity index (χ3v) is 5.44. The minimum Gasteiger partial charge on any atom is -0.314 e. The Morgan fingerprint density at radius 2 is 2.05 bits per heavy atom. The fraction of sp³-hybridized carbons (Fsp3) is 0.500. The quantitative estimate of drug-likeness (QED) is 0.654. The summed E-state index contributed by atoms with van der Waals surface area (Å²) < 4.78 is 0. The molecular weight excluding hydrogens is 252 g/mol. The molecule has 2 N–H and O–H groups in total. The van der Waals surface area contributed by atoms with Crippen molar-refractivity contribution in [3.63, 3.8) is 0 Å². The highest BCUT2D eigenvalue weighted by atomic mass is 32.2. The van der Waals surface area contributed by atoms with Crippen molar-refractivity contribution < 1.29 is 0 Å². The smallest absolute Gasteiger partial charge is 0.0481 e. The van der Waals surface area contributed by atoms with Crippen LogP contribution in [0, 0.1) is 12.8 Å². The van der Waals surface area contributed by atoms with Gasteiger partial charge in [0.15, 0.2) is 0 Å². The van der Waals surface area contributed by atoms with E-state index in [0.717, 1.165) is 18.8 Å². The molecule has 0 aliphatic carbocycles. The number of benzene rings is 1. The van der Waals surface area contributed by atoms with Crippen LogP contribution in [-0.4, -0.2) is 30.4 Å². The number of hydrogen-bond acceptors (Lipinski definition) is 3. The molecule has 3 rings (SSSR count). The van der Waals surface area contributed by atoms with Crippen LogP contribution in [0.5, 0.6) is 0 Å². The van der Waals surface area contributed by atoms with Gasteiger partial charge in [0, 0.05) is 41.2 Å². The highest BCUT2D eigenvalue weighted by Gasteiger charge is 2.43. The monoisotopic (exact) mass is 274 g/mol. The normalized spacial score (nSPS) is 33.4. The zero-order chi connectivity index (χ0) is 13.3. The van der Waals surface area contributed by atoms with Gasteiger partial charge in [0.25, 0.3) is 0 Å². The van der Waals surface area contributed by atoms with Crippen molar-refractivity contribution in [2.24, 2.45) is 5.92 Å². The maximum absolute atomic E-state index is 3.80. The number of nitrogens with one attached hydrogen (secondary N) is 2. The van der Waals surface area contributed by atoms with E-state index < -0.39 is 0 Å². The van der Waals surface area contributed by atoms with Crippen molar-refractivity contribution in [3.8, 4) is 0 Å². The van der Waals surface area contributed by atoms with Crippen LogP contribution in [0.4, 0.5) is 0 Å². The van der Waals surface area contributed by atoms with Gasteiger partial charge in [-0.2, -0.15) is 0 Å². The third-order valence-electron chi connectivity index (χ3n) is 4.18. The summed E-state index contributed by atoms with van der Waals surface area (Å²) in [5.74, 6) is 1.75. The molecule has 1 fully saturated rings. The Labute approximate surface area is 120 Å². The van der Waals surface area contributed by atoms with Crippen LogP contribution in [-0.2, 0) is 0 Å². The second-order valence-electron chi connectivity index (χ2n) is 5.81. The summed E-state index contributed by atoms with van der Waals surface area (Å²) in [7, 11) is 0. The first-order chi connectivity index (χ1) is 9.18. The van der Waals surface area contributed by atoms with E-state index in [2.05, 4.69) is 60.9 Å². The minimum atomic E-state index is 0.226. The molecule has 102 valence electrons. The fourth-order valence-corrected chi connectivity index (χ4v) is 4.19. The lowest BCUT2D eigenvalue weighted by Gasteiger charge is -2.39. The van der Waals surface area contributed by atoms with E-state index in [9.17, 15) is 0 Å². The maximum atomic E-state index is 3.80. The first kappa shape index (κ1) is 13.2. The van der Waals surface area contributed by atoms with Gasteiger partial charge in [-0.1, -0.05) is 29.8 Å². The number of thioether (sulfide) groups is 1. The van der Waals surface area contributed by atoms with Gasteiger partial charge in [-0.05, 0) is 26.0 Å². The standard InChI is InChI=1S/C16H22N2S/c1-12-3-7-15(8-4-12)19-11-16-10-17-9-14(16)6-5-13(2)18-16/h3-8,13-14,17-18H,9-11H2,1-2H3/t13-,14-,16+/m1/s1. The molecule has 2 aliphatic heterocycles. The lowest BCUT2D eigenvalue weighted by atomic mass is 9.84. The molecule has 0 saturated carbocycles. The number of aryl methyl sites for hydroxylation is 1. The fourth-order valence-electron chi connectivity index (χ4n) is 3.04. The van der Waals surface area contributed by atoms with Crippen molar-refractivity contribution in [1.82, 2.24) is 10.6 Å². The molecule has 2 heterocycles. The Bertz CT molecular complexity index is 468. The summed E-state index contributed by atoms with van der Waals surface area (Å²) in [6.07, 6.45) is 4.70. The molecule has 0 unspecified atom stereocenters. The van der Waals surface area contributed by atoms with Crippen LogP contribution in [0.3, 0.4) is 0 Å². The number of fused-ring (bicyclic) bond motifs is 1. The van der Waals surface area contributed by atoms with Gasteiger partial charge in [-0.3, -0.25) is 0 Å². The SMILES string of the molecule is Cc1ccc(SC[C@@]23CNC[C@H]2C=C[C@@H](C)N3)cc1. The lowest BCUT2D eigenvalue weighted by Crippen LogP contribution is -2.58. The van der Waals surface area contributed by atoms with Gasteiger partial charge in [0.05, 0.1) is 0 Å². The Morgan fingerprint density at radius 1 is 1.26 bits per heavy atom. The van der Waals surface area contributed by atoms with Crippen LogP contribution >= 0.6 is 11.8 Å². The molecule has 1 aromatic carbocycles. The molecule has 19 heavy (non-hydrogen) atoms. The van der Waals surface area contributed by atoms with Gasteiger partial charge >= 0.3 is 0 Å². The summed E-state index contributed by atoms with van der Waals surface area (Å²) >= 11 is 1.97. The van der Waals surface area contributed by atoms with Crippen LogP contribution in [0.1, 0.15) is 12.5 Å². The zero-order valence-electron chi connectivity index (χ0n) is 11.6. The molecule has 3 atom stereocenters. The maximum Gasteiger partial charge on any atom is 0.0481 e. The second kappa shape index (κ2) is 5.31. The summed E-state index contributed by atoms with van der Waals surface area (Å²) in [6.45, 7) is 6.55. The van der Waals surface area contributed by atoms with E-state index in [4.69, 9.17) is 0 Å². The average molecular weight is 274 g/mol. The van der Waals surface area contributed by atoms with Crippen molar-refractivity contribution in [2.45, 2.75) is 30.3 Å². The topological polar surface area (TPSA) is 24.1 Å². The van der Waals surface area contributed by atoms with Gasteiger partial charge in [-0.25, -0.2) is 0 Å². The van der Waals surface area contributed by atoms with Crippen LogP contribution in [0.25, 0.3) is 0 Å². The van der Waals surface area contributed by atoms with Crippen LogP contribution in [0.15, 0.2) is 41.3 Å². The van der Waals surface area contributed by atoms with Crippen molar-refractivity contribution in [3.05, 3.63) is 42.0 Å². The van der Waals surface area contributed by atoms with E-state index in [-0.39, 0.29) is 5.54 Å². The zero-order valence-corrected chi connectivity index (χ0v) is 12.5. The Balaban J connectivity index is 1.71. The number of hydrogen-bond donors (Lipinski definition) is 2. The molecule has 2 aliphatic rings. The van der Waals surface area contributed by atoms with Crippen LogP contribution < -0.4 is 10.6 Å². The summed E-state index contributed by atoms with van der Waals surface area (Å²) in [6, 6.07) is 9.34.